The molecule has 0 aliphatic carbocycles. The molecule has 0 amide bonds. The highest BCUT2D eigenvalue weighted by atomic mass is 19.4. The van der Waals surface area contributed by atoms with Crippen LogP contribution in [0.5, 0.6) is 0 Å². The van der Waals surface area contributed by atoms with Crippen LogP contribution in [0.2, 0.25) is 0 Å². The second-order valence-corrected chi connectivity index (χ2v) is 3.08. The van der Waals surface area contributed by atoms with E-state index in [0.717, 1.165) is 4.68 Å². The van der Waals surface area contributed by atoms with Gasteiger partial charge in [-0.05, 0) is 6.92 Å². The second kappa shape index (κ2) is 2.98. The minimum Gasteiger partial charge on any atom is -0.370 e. The van der Waals surface area contributed by atoms with Gasteiger partial charge in [0.25, 0.3) is 0 Å². The van der Waals surface area contributed by atoms with Gasteiger partial charge in [-0.15, -0.1) is 0 Å². The Morgan fingerprint density at radius 1 is 1.43 bits per heavy atom. The summed E-state index contributed by atoms with van der Waals surface area (Å²) in [6.07, 6.45) is -4.34. The summed E-state index contributed by atoms with van der Waals surface area (Å²) < 4.78 is 43.7. The zero-order valence-electron chi connectivity index (χ0n) is 7.56. The Balaban J connectivity index is 2.55. The summed E-state index contributed by atoms with van der Waals surface area (Å²) in [7, 11) is 0. The second-order valence-electron chi connectivity index (χ2n) is 3.08. The Hall–Kier alpha value is -1.04. The van der Waals surface area contributed by atoms with E-state index in [0.29, 0.717) is 5.69 Å². The van der Waals surface area contributed by atoms with Crippen LogP contribution in [-0.2, 0) is 30.7 Å². The number of ether oxygens (including phenoxy) is 1. The smallest absolute Gasteiger partial charge is 0.370 e. The number of aromatic nitrogens is 2. The zero-order chi connectivity index (χ0) is 10.3. The van der Waals surface area contributed by atoms with Crippen LogP contribution in [0.3, 0.4) is 0 Å². The molecule has 14 heavy (non-hydrogen) atoms. The van der Waals surface area contributed by atoms with Gasteiger partial charge < -0.3 is 4.74 Å². The highest BCUT2D eigenvalue weighted by Crippen LogP contribution is 2.36. The predicted octanol–water partition coefficient (Wildman–Crippen LogP) is 1.95. The molecule has 0 spiro atoms. The standard InChI is InChI=1S/C8H9F3N2O/c1-2-13-7(8(9,10)11)5-3-14-4-6(5)12-13/h2-4H2,1H3. The number of rotatable bonds is 1. The highest BCUT2D eigenvalue weighted by Gasteiger charge is 2.40. The fourth-order valence-electron chi connectivity index (χ4n) is 1.61. The van der Waals surface area contributed by atoms with Gasteiger partial charge >= 0.3 is 6.18 Å². The largest absolute Gasteiger partial charge is 0.433 e. The van der Waals surface area contributed by atoms with Crippen LogP contribution in [0.25, 0.3) is 0 Å². The Bertz CT molecular complexity index is 356. The number of alkyl halides is 3. The fraction of sp³-hybridized carbons (Fsp3) is 0.625. The van der Waals surface area contributed by atoms with E-state index >= 15 is 0 Å². The van der Waals surface area contributed by atoms with Crippen LogP contribution >= 0.6 is 0 Å². The minimum atomic E-state index is -4.34. The predicted molar refractivity (Wildman–Crippen MR) is 41.4 cm³/mol. The number of aryl methyl sites for hydroxylation is 1. The summed E-state index contributed by atoms with van der Waals surface area (Å²) in [5.41, 5.74) is -0.0500. The minimum absolute atomic E-state index is 0.0180. The maximum absolute atomic E-state index is 12.6. The average molecular weight is 206 g/mol. The first-order chi connectivity index (χ1) is 6.54. The van der Waals surface area contributed by atoms with Gasteiger partial charge in [0.05, 0.1) is 18.9 Å². The lowest BCUT2D eigenvalue weighted by Gasteiger charge is -2.10. The molecular formula is C8H9F3N2O. The quantitative estimate of drug-likeness (QED) is 0.702. The van der Waals surface area contributed by atoms with Gasteiger partial charge in [0.15, 0.2) is 0 Å². The molecule has 0 aromatic carbocycles. The monoisotopic (exact) mass is 206 g/mol. The van der Waals surface area contributed by atoms with Crippen LogP contribution in [0, 0.1) is 0 Å². The summed E-state index contributed by atoms with van der Waals surface area (Å²) >= 11 is 0. The molecule has 1 aliphatic rings. The molecule has 0 saturated heterocycles. The van der Waals surface area contributed by atoms with Gasteiger partial charge in [-0.3, -0.25) is 4.68 Å². The van der Waals surface area contributed by atoms with Crippen molar-refractivity contribution in [3.63, 3.8) is 0 Å². The maximum Gasteiger partial charge on any atom is 0.433 e. The van der Waals surface area contributed by atoms with Crippen molar-refractivity contribution in [2.75, 3.05) is 0 Å². The molecule has 0 atom stereocenters. The first-order valence-corrected chi connectivity index (χ1v) is 4.27. The molecule has 0 fully saturated rings. The van der Waals surface area contributed by atoms with Crippen LogP contribution in [-0.4, -0.2) is 9.78 Å². The first kappa shape index (κ1) is 9.51. The van der Waals surface area contributed by atoms with E-state index in [9.17, 15) is 13.2 Å². The number of hydrogen-bond acceptors (Lipinski definition) is 2. The van der Waals surface area contributed by atoms with Crippen LogP contribution < -0.4 is 0 Å². The number of nitrogens with zero attached hydrogens (tertiary/aromatic N) is 2. The van der Waals surface area contributed by atoms with Crippen molar-refractivity contribution in [2.24, 2.45) is 0 Å². The summed E-state index contributed by atoms with van der Waals surface area (Å²) in [5, 5.41) is 3.85. The van der Waals surface area contributed by atoms with Crippen molar-refractivity contribution in [3.8, 4) is 0 Å². The third-order valence-corrected chi connectivity index (χ3v) is 2.19. The Labute approximate surface area is 78.5 Å². The van der Waals surface area contributed by atoms with Gasteiger partial charge in [-0.25, -0.2) is 0 Å². The summed E-state index contributed by atoms with van der Waals surface area (Å²) in [6.45, 7) is 2.07. The number of hydrogen-bond donors (Lipinski definition) is 0. The van der Waals surface area contributed by atoms with E-state index in [1.807, 2.05) is 0 Å². The lowest BCUT2D eigenvalue weighted by molar-refractivity contribution is -0.145. The van der Waals surface area contributed by atoms with Crippen LogP contribution in [0.1, 0.15) is 23.9 Å². The molecule has 78 valence electrons. The van der Waals surface area contributed by atoms with Crippen molar-refractivity contribution >= 4 is 0 Å². The van der Waals surface area contributed by atoms with Crippen molar-refractivity contribution < 1.29 is 17.9 Å². The van der Waals surface area contributed by atoms with Gasteiger partial charge in [0.2, 0.25) is 0 Å². The van der Waals surface area contributed by atoms with Crippen molar-refractivity contribution in [2.45, 2.75) is 32.9 Å². The molecular weight excluding hydrogens is 197 g/mol. The topological polar surface area (TPSA) is 27.1 Å². The molecule has 1 aliphatic heterocycles. The van der Waals surface area contributed by atoms with E-state index in [1.54, 1.807) is 6.92 Å². The van der Waals surface area contributed by atoms with E-state index < -0.39 is 11.9 Å². The van der Waals surface area contributed by atoms with E-state index in [1.165, 1.54) is 0 Å². The molecule has 0 bridgehead atoms. The molecule has 6 heteroatoms. The van der Waals surface area contributed by atoms with E-state index in [4.69, 9.17) is 4.74 Å². The van der Waals surface area contributed by atoms with Gasteiger partial charge in [-0.2, -0.15) is 18.3 Å². The summed E-state index contributed by atoms with van der Waals surface area (Å²) in [5.74, 6) is 0. The third kappa shape index (κ3) is 1.30. The van der Waals surface area contributed by atoms with E-state index in [2.05, 4.69) is 5.10 Å². The Morgan fingerprint density at radius 3 is 2.71 bits per heavy atom. The third-order valence-electron chi connectivity index (χ3n) is 2.19. The molecule has 0 N–H and O–H groups in total. The normalized spacial score (nSPS) is 16.0. The molecule has 0 radical (unpaired) electrons. The highest BCUT2D eigenvalue weighted by molar-refractivity contribution is 5.29. The number of fused-ring (bicyclic) bond motifs is 1. The van der Waals surface area contributed by atoms with Crippen LogP contribution in [0.4, 0.5) is 13.2 Å². The van der Waals surface area contributed by atoms with Crippen LogP contribution in [0.15, 0.2) is 0 Å². The van der Waals surface area contributed by atoms with E-state index in [-0.39, 0.29) is 25.3 Å². The molecule has 1 aromatic heterocycles. The lowest BCUT2D eigenvalue weighted by Crippen LogP contribution is -2.16. The molecule has 3 nitrogen and oxygen atoms in total. The lowest BCUT2D eigenvalue weighted by atomic mass is 10.2. The van der Waals surface area contributed by atoms with Gasteiger partial charge in [0, 0.05) is 12.1 Å². The molecule has 0 saturated carbocycles. The fourth-order valence-corrected chi connectivity index (χ4v) is 1.61. The van der Waals surface area contributed by atoms with Crippen molar-refractivity contribution in [1.82, 2.24) is 9.78 Å². The van der Waals surface area contributed by atoms with Gasteiger partial charge in [-0.1, -0.05) is 0 Å². The SMILES string of the molecule is CCn1nc2c(c1C(F)(F)F)COC2. The van der Waals surface area contributed by atoms with Crippen molar-refractivity contribution in [1.29, 1.82) is 0 Å². The Morgan fingerprint density at radius 2 is 2.14 bits per heavy atom. The molecule has 0 unspecified atom stereocenters. The summed E-state index contributed by atoms with van der Waals surface area (Å²) in [4.78, 5) is 0. The molecule has 2 heterocycles. The number of halogens is 3. The maximum atomic E-state index is 12.6. The first-order valence-electron chi connectivity index (χ1n) is 4.27. The Kier molecular flexibility index (Phi) is 2.02. The summed E-state index contributed by atoms with van der Waals surface area (Å²) in [6, 6.07) is 0. The zero-order valence-corrected chi connectivity index (χ0v) is 7.56. The van der Waals surface area contributed by atoms with Crippen molar-refractivity contribution in [3.05, 3.63) is 17.0 Å². The molecule has 2 rings (SSSR count). The van der Waals surface area contributed by atoms with Gasteiger partial charge in [0.1, 0.15) is 5.69 Å². The average Bonchev–Trinajstić information content (AvgIpc) is 2.57. The molecule has 1 aromatic rings.